The summed E-state index contributed by atoms with van der Waals surface area (Å²) in [6, 6.07) is 0. The molecule has 0 atom stereocenters. The fourth-order valence-corrected chi connectivity index (χ4v) is 1.59. The molecule has 0 aromatic carbocycles. The van der Waals surface area contributed by atoms with Crippen molar-refractivity contribution >= 4 is 5.97 Å². The van der Waals surface area contributed by atoms with Crippen LogP contribution in [0.25, 0.3) is 0 Å². The number of aliphatic hydroxyl groups is 1. The van der Waals surface area contributed by atoms with E-state index in [-0.39, 0.29) is 18.0 Å². The Balaban J connectivity index is 2.52. The second-order valence-corrected chi connectivity index (χ2v) is 3.10. The Bertz CT molecular complexity index is 149. The molecule has 3 heteroatoms. The lowest BCUT2D eigenvalue weighted by Crippen LogP contribution is -2.39. The van der Waals surface area contributed by atoms with Crippen molar-refractivity contribution in [1.29, 1.82) is 0 Å². The zero-order valence-corrected chi connectivity index (χ0v) is 6.80. The average Bonchev–Trinajstić information content (AvgIpc) is 1.95. The Labute approximate surface area is 66.4 Å². The summed E-state index contributed by atoms with van der Waals surface area (Å²) in [7, 11) is 1.40. The number of carbonyl (C=O) groups excluding carboxylic acids is 1. The third-order valence-electron chi connectivity index (χ3n) is 2.52. The van der Waals surface area contributed by atoms with Gasteiger partial charge in [-0.2, -0.15) is 0 Å². The number of carbonyl (C=O) groups is 1. The first kappa shape index (κ1) is 8.53. The molecule has 64 valence electrons. The van der Waals surface area contributed by atoms with Crippen LogP contribution in [-0.4, -0.2) is 24.8 Å². The van der Waals surface area contributed by atoms with Gasteiger partial charge in [0.05, 0.1) is 12.5 Å². The second-order valence-electron chi connectivity index (χ2n) is 3.10. The van der Waals surface area contributed by atoms with Gasteiger partial charge < -0.3 is 9.84 Å². The summed E-state index contributed by atoms with van der Waals surface area (Å²) in [5.74, 6) is -0.155. The van der Waals surface area contributed by atoms with E-state index in [9.17, 15) is 4.79 Å². The Morgan fingerprint density at radius 1 is 1.64 bits per heavy atom. The van der Waals surface area contributed by atoms with E-state index < -0.39 is 0 Å². The highest BCUT2D eigenvalue weighted by molar-refractivity contribution is 5.77. The number of aliphatic hydroxyl groups excluding tert-OH is 1. The average molecular weight is 158 g/mol. The van der Waals surface area contributed by atoms with Crippen LogP contribution in [0.5, 0.6) is 0 Å². The fraction of sp³-hybridized carbons (Fsp3) is 0.875. The molecule has 0 bridgehead atoms. The van der Waals surface area contributed by atoms with Gasteiger partial charge in [0.1, 0.15) is 0 Å². The molecule has 0 saturated heterocycles. The van der Waals surface area contributed by atoms with Crippen LogP contribution in [-0.2, 0) is 9.53 Å². The third kappa shape index (κ3) is 1.38. The van der Waals surface area contributed by atoms with E-state index in [1.807, 2.05) is 0 Å². The molecule has 0 aliphatic heterocycles. The maximum absolute atomic E-state index is 11.2. The summed E-state index contributed by atoms with van der Waals surface area (Å²) in [4.78, 5) is 11.2. The molecular weight excluding hydrogens is 144 g/mol. The minimum Gasteiger partial charge on any atom is -0.469 e. The monoisotopic (exact) mass is 158 g/mol. The van der Waals surface area contributed by atoms with Gasteiger partial charge in [0.25, 0.3) is 0 Å². The number of rotatable bonds is 3. The largest absolute Gasteiger partial charge is 0.469 e. The van der Waals surface area contributed by atoms with Gasteiger partial charge in [0.2, 0.25) is 0 Å². The van der Waals surface area contributed by atoms with E-state index in [4.69, 9.17) is 5.11 Å². The SMILES string of the molecule is COC(=O)C1(CCO)CCC1. The van der Waals surface area contributed by atoms with Gasteiger partial charge in [-0.25, -0.2) is 0 Å². The Hall–Kier alpha value is -0.570. The lowest BCUT2D eigenvalue weighted by atomic mass is 9.67. The van der Waals surface area contributed by atoms with E-state index in [0.717, 1.165) is 19.3 Å². The summed E-state index contributed by atoms with van der Waals surface area (Å²) in [6.07, 6.45) is 3.38. The summed E-state index contributed by atoms with van der Waals surface area (Å²) >= 11 is 0. The van der Waals surface area contributed by atoms with Crippen molar-refractivity contribution in [1.82, 2.24) is 0 Å². The molecule has 0 radical (unpaired) electrons. The highest BCUT2D eigenvalue weighted by atomic mass is 16.5. The molecule has 0 spiro atoms. The van der Waals surface area contributed by atoms with Crippen molar-refractivity contribution in [3.05, 3.63) is 0 Å². The van der Waals surface area contributed by atoms with Gasteiger partial charge in [-0.15, -0.1) is 0 Å². The summed E-state index contributed by atoms with van der Waals surface area (Å²) in [5, 5.41) is 8.70. The number of hydrogen-bond acceptors (Lipinski definition) is 3. The van der Waals surface area contributed by atoms with Crippen molar-refractivity contribution < 1.29 is 14.6 Å². The second kappa shape index (κ2) is 3.22. The third-order valence-corrected chi connectivity index (χ3v) is 2.52. The molecule has 0 amide bonds. The van der Waals surface area contributed by atoms with Gasteiger partial charge in [-0.3, -0.25) is 4.79 Å². The van der Waals surface area contributed by atoms with Crippen molar-refractivity contribution in [2.75, 3.05) is 13.7 Å². The Morgan fingerprint density at radius 3 is 2.55 bits per heavy atom. The topological polar surface area (TPSA) is 46.5 Å². The number of ether oxygens (including phenoxy) is 1. The van der Waals surface area contributed by atoms with Gasteiger partial charge in [-0.05, 0) is 19.3 Å². The minimum atomic E-state index is -0.330. The smallest absolute Gasteiger partial charge is 0.311 e. The minimum absolute atomic E-state index is 0.0785. The highest BCUT2D eigenvalue weighted by Gasteiger charge is 2.44. The van der Waals surface area contributed by atoms with Gasteiger partial charge >= 0.3 is 5.97 Å². The summed E-state index contributed by atoms with van der Waals surface area (Å²) < 4.78 is 4.66. The molecule has 1 fully saturated rings. The van der Waals surface area contributed by atoms with Crippen LogP contribution in [0.15, 0.2) is 0 Å². The molecule has 0 heterocycles. The number of esters is 1. The van der Waals surface area contributed by atoms with Crippen LogP contribution < -0.4 is 0 Å². The van der Waals surface area contributed by atoms with Crippen LogP contribution in [0.3, 0.4) is 0 Å². The number of methoxy groups -OCH3 is 1. The molecule has 0 aromatic heterocycles. The zero-order chi connectivity index (χ0) is 8.32. The molecule has 0 unspecified atom stereocenters. The molecule has 11 heavy (non-hydrogen) atoms. The molecular formula is C8H14O3. The lowest BCUT2D eigenvalue weighted by Gasteiger charge is -2.38. The highest BCUT2D eigenvalue weighted by Crippen LogP contribution is 2.44. The van der Waals surface area contributed by atoms with Gasteiger partial charge in [-0.1, -0.05) is 6.42 Å². The molecule has 1 rings (SSSR count). The van der Waals surface area contributed by atoms with E-state index in [1.54, 1.807) is 0 Å². The van der Waals surface area contributed by atoms with Crippen molar-refractivity contribution in [2.24, 2.45) is 5.41 Å². The quantitative estimate of drug-likeness (QED) is 0.615. The zero-order valence-electron chi connectivity index (χ0n) is 6.80. The first-order valence-corrected chi connectivity index (χ1v) is 3.94. The summed E-state index contributed by atoms with van der Waals surface area (Å²) in [5.41, 5.74) is -0.330. The van der Waals surface area contributed by atoms with Crippen LogP contribution in [0, 0.1) is 5.41 Å². The van der Waals surface area contributed by atoms with Crippen molar-refractivity contribution in [3.63, 3.8) is 0 Å². The summed E-state index contributed by atoms with van der Waals surface area (Å²) in [6.45, 7) is 0.0785. The van der Waals surface area contributed by atoms with E-state index in [1.165, 1.54) is 7.11 Å². The van der Waals surface area contributed by atoms with Crippen LogP contribution in [0.1, 0.15) is 25.7 Å². The van der Waals surface area contributed by atoms with Crippen LogP contribution >= 0.6 is 0 Å². The Kier molecular flexibility index (Phi) is 2.49. The predicted molar refractivity (Wildman–Crippen MR) is 40.0 cm³/mol. The maximum Gasteiger partial charge on any atom is 0.311 e. The van der Waals surface area contributed by atoms with Crippen molar-refractivity contribution in [2.45, 2.75) is 25.7 Å². The number of hydrogen-bond donors (Lipinski definition) is 1. The fourth-order valence-electron chi connectivity index (χ4n) is 1.59. The molecule has 1 aliphatic carbocycles. The first-order chi connectivity index (χ1) is 5.25. The van der Waals surface area contributed by atoms with Gasteiger partial charge in [0, 0.05) is 6.61 Å². The van der Waals surface area contributed by atoms with Crippen LogP contribution in [0.2, 0.25) is 0 Å². The molecule has 1 aliphatic rings. The Morgan fingerprint density at radius 2 is 2.27 bits per heavy atom. The van der Waals surface area contributed by atoms with Crippen LogP contribution in [0.4, 0.5) is 0 Å². The van der Waals surface area contributed by atoms with E-state index in [2.05, 4.69) is 4.74 Å². The molecule has 0 aromatic rings. The predicted octanol–water partition coefficient (Wildman–Crippen LogP) is 0.712. The first-order valence-electron chi connectivity index (χ1n) is 3.94. The molecule has 1 saturated carbocycles. The molecule has 1 N–H and O–H groups in total. The normalized spacial score (nSPS) is 20.5. The maximum atomic E-state index is 11.2. The molecule has 3 nitrogen and oxygen atoms in total. The van der Waals surface area contributed by atoms with E-state index in [0.29, 0.717) is 6.42 Å². The lowest BCUT2D eigenvalue weighted by molar-refractivity contribution is -0.159. The van der Waals surface area contributed by atoms with Gasteiger partial charge in [0.15, 0.2) is 0 Å². The van der Waals surface area contributed by atoms with Crippen molar-refractivity contribution in [3.8, 4) is 0 Å². The standard InChI is InChI=1S/C8H14O3/c1-11-7(10)8(5-6-9)3-2-4-8/h9H,2-6H2,1H3. The van der Waals surface area contributed by atoms with E-state index >= 15 is 0 Å².